The Morgan fingerprint density at radius 3 is 2.52 bits per heavy atom. The summed E-state index contributed by atoms with van der Waals surface area (Å²) in [5.41, 5.74) is 0.947. The summed E-state index contributed by atoms with van der Waals surface area (Å²) in [6.07, 6.45) is 0. The summed E-state index contributed by atoms with van der Waals surface area (Å²) in [5.74, 6) is -0.290. The molecule has 0 unspecified atom stereocenters. The third kappa shape index (κ3) is 4.92. The van der Waals surface area contributed by atoms with Crippen molar-refractivity contribution in [1.29, 1.82) is 0 Å². The van der Waals surface area contributed by atoms with Crippen molar-refractivity contribution in [2.75, 3.05) is 39.8 Å². The van der Waals surface area contributed by atoms with E-state index in [1.54, 1.807) is 6.07 Å². The molecule has 1 heterocycles. The average molecular weight is 314 g/mol. The fraction of sp³-hybridized carbons (Fsp3) is 0.625. The van der Waals surface area contributed by atoms with E-state index < -0.39 is 0 Å². The van der Waals surface area contributed by atoms with Crippen LogP contribution in [-0.2, 0) is 0 Å². The second kappa shape index (κ2) is 7.54. The van der Waals surface area contributed by atoms with Crippen molar-refractivity contribution in [3.8, 4) is 0 Å². The molecule has 1 aromatic carbocycles. The van der Waals surface area contributed by atoms with Crippen LogP contribution < -0.4 is 5.32 Å². The molecule has 3 nitrogen and oxygen atoms in total. The summed E-state index contributed by atoms with van der Waals surface area (Å²) in [5, 5.41) is 4.04. The number of nitrogens with one attached hydrogen (secondary N) is 1. The summed E-state index contributed by atoms with van der Waals surface area (Å²) in [4.78, 5) is 4.84. The Bertz CT molecular complexity index is 461. The van der Waals surface area contributed by atoms with Crippen molar-refractivity contribution in [3.05, 3.63) is 34.6 Å². The van der Waals surface area contributed by atoms with Gasteiger partial charge >= 0.3 is 0 Å². The fourth-order valence-corrected chi connectivity index (χ4v) is 3.17. The Hall–Kier alpha value is -0.680. The molecule has 0 saturated carbocycles. The fourth-order valence-electron chi connectivity index (χ4n) is 2.84. The van der Waals surface area contributed by atoms with Gasteiger partial charge in [0.05, 0.1) is 0 Å². The standard InChI is InChI=1S/C16H25ClFN3/c1-12(11-21-8-6-20(3)7-9-21)19-13(2)15-5-4-14(18)10-16(15)17/h4-5,10,12-13,19H,6-9,11H2,1-3H3/t12-,13+/m0/s1. The predicted molar refractivity (Wildman–Crippen MR) is 86.4 cm³/mol. The van der Waals surface area contributed by atoms with Gasteiger partial charge in [0.2, 0.25) is 0 Å². The first kappa shape index (κ1) is 16.7. The van der Waals surface area contributed by atoms with E-state index in [-0.39, 0.29) is 11.9 Å². The minimum atomic E-state index is -0.290. The number of likely N-dealkylation sites (N-methyl/N-ethyl adjacent to an activating group) is 1. The van der Waals surface area contributed by atoms with Gasteiger partial charge in [-0.3, -0.25) is 4.90 Å². The van der Waals surface area contributed by atoms with Crippen LogP contribution in [0.2, 0.25) is 5.02 Å². The lowest BCUT2D eigenvalue weighted by Crippen LogP contribution is -2.49. The lowest BCUT2D eigenvalue weighted by molar-refractivity contribution is 0.142. The van der Waals surface area contributed by atoms with Gasteiger partial charge in [0, 0.05) is 49.8 Å². The van der Waals surface area contributed by atoms with Gasteiger partial charge in [-0.1, -0.05) is 17.7 Å². The van der Waals surface area contributed by atoms with Gasteiger partial charge in [0.1, 0.15) is 5.82 Å². The molecule has 0 aliphatic carbocycles. The molecule has 1 aliphatic heterocycles. The van der Waals surface area contributed by atoms with Gasteiger partial charge in [-0.25, -0.2) is 4.39 Å². The first-order valence-corrected chi connectivity index (χ1v) is 7.95. The summed E-state index contributed by atoms with van der Waals surface area (Å²) in [6.45, 7) is 9.78. The molecule has 21 heavy (non-hydrogen) atoms. The van der Waals surface area contributed by atoms with E-state index in [1.165, 1.54) is 12.1 Å². The molecule has 5 heteroatoms. The van der Waals surface area contributed by atoms with Crippen molar-refractivity contribution in [3.63, 3.8) is 0 Å². The minimum absolute atomic E-state index is 0.112. The number of rotatable bonds is 5. The van der Waals surface area contributed by atoms with Crippen LogP contribution in [0, 0.1) is 5.82 Å². The van der Waals surface area contributed by atoms with Crippen molar-refractivity contribution in [1.82, 2.24) is 15.1 Å². The third-order valence-electron chi connectivity index (χ3n) is 4.09. The highest BCUT2D eigenvalue weighted by atomic mass is 35.5. The van der Waals surface area contributed by atoms with Crippen LogP contribution in [0.4, 0.5) is 4.39 Å². The van der Waals surface area contributed by atoms with Gasteiger partial charge in [0.25, 0.3) is 0 Å². The predicted octanol–water partition coefficient (Wildman–Crippen LogP) is 2.77. The topological polar surface area (TPSA) is 18.5 Å². The molecular formula is C16H25ClFN3. The lowest BCUT2D eigenvalue weighted by atomic mass is 10.1. The van der Waals surface area contributed by atoms with Gasteiger partial charge in [-0.05, 0) is 38.6 Å². The Balaban J connectivity index is 1.85. The molecule has 1 saturated heterocycles. The SMILES string of the molecule is C[C@@H](CN1CCN(C)CC1)N[C@H](C)c1ccc(F)cc1Cl. The van der Waals surface area contributed by atoms with E-state index >= 15 is 0 Å². The quantitative estimate of drug-likeness (QED) is 0.902. The van der Waals surface area contributed by atoms with Crippen LogP contribution in [0.5, 0.6) is 0 Å². The van der Waals surface area contributed by atoms with Crippen LogP contribution in [0.25, 0.3) is 0 Å². The first-order valence-electron chi connectivity index (χ1n) is 7.57. The molecule has 2 rings (SSSR count). The zero-order chi connectivity index (χ0) is 15.4. The maximum atomic E-state index is 13.1. The molecule has 1 fully saturated rings. The second-order valence-corrected chi connectivity index (χ2v) is 6.47. The Morgan fingerprint density at radius 1 is 1.24 bits per heavy atom. The number of hydrogen-bond donors (Lipinski definition) is 1. The first-order chi connectivity index (χ1) is 9.95. The van der Waals surface area contributed by atoms with Crippen molar-refractivity contribution >= 4 is 11.6 Å². The molecule has 1 N–H and O–H groups in total. The maximum Gasteiger partial charge on any atom is 0.124 e. The number of piperazine rings is 1. The molecule has 118 valence electrons. The third-order valence-corrected chi connectivity index (χ3v) is 4.42. The average Bonchev–Trinajstić information content (AvgIpc) is 2.41. The lowest BCUT2D eigenvalue weighted by Gasteiger charge is -2.34. The Morgan fingerprint density at radius 2 is 1.90 bits per heavy atom. The van der Waals surface area contributed by atoms with Crippen LogP contribution in [-0.4, -0.2) is 55.6 Å². The van der Waals surface area contributed by atoms with E-state index in [1.807, 2.05) is 0 Å². The van der Waals surface area contributed by atoms with Gasteiger partial charge in [0.15, 0.2) is 0 Å². The van der Waals surface area contributed by atoms with Gasteiger partial charge < -0.3 is 10.2 Å². The second-order valence-electron chi connectivity index (χ2n) is 6.06. The highest BCUT2D eigenvalue weighted by Crippen LogP contribution is 2.24. The monoisotopic (exact) mass is 313 g/mol. The minimum Gasteiger partial charge on any atom is -0.306 e. The maximum absolute atomic E-state index is 13.1. The van der Waals surface area contributed by atoms with Crippen LogP contribution in [0.15, 0.2) is 18.2 Å². The van der Waals surface area contributed by atoms with Crippen LogP contribution in [0.1, 0.15) is 25.5 Å². The van der Waals surface area contributed by atoms with Crippen molar-refractivity contribution in [2.45, 2.75) is 25.9 Å². The molecule has 0 radical (unpaired) electrons. The number of benzene rings is 1. The summed E-state index contributed by atoms with van der Waals surface area (Å²) in [6, 6.07) is 5.08. The zero-order valence-corrected chi connectivity index (χ0v) is 13.8. The summed E-state index contributed by atoms with van der Waals surface area (Å²) in [7, 11) is 2.16. The molecular weight excluding hydrogens is 289 g/mol. The molecule has 0 aromatic heterocycles. The van der Waals surface area contributed by atoms with E-state index in [9.17, 15) is 4.39 Å². The van der Waals surface area contributed by atoms with E-state index in [4.69, 9.17) is 11.6 Å². The Labute approximate surface area is 132 Å². The number of nitrogens with zero attached hydrogens (tertiary/aromatic N) is 2. The van der Waals surface area contributed by atoms with Crippen LogP contribution in [0.3, 0.4) is 0 Å². The largest absolute Gasteiger partial charge is 0.306 e. The van der Waals surface area contributed by atoms with Crippen LogP contribution >= 0.6 is 11.6 Å². The highest BCUT2D eigenvalue weighted by molar-refractivity contribution is 6.31. The highest BCUT2D eigenvalue weighted by Gasteiger charge is 2.18. The van der Waals surface area contributed by atoms with Crippen molar-refractivity contribution in [2.24, 2.45) is 0 Å². The van der Waals surface area contributed by atoms with Gasteiger partial charge in [-0.15, -0.1) is 0 Å². The van der Waals surface area contributed by atoms with E-state index in [2.05, 4.69) is 36.0 Å². The van der Waals surface area contributed by atoms with Gasteiger partial charge in [-0.2, -0.15) is 0 Å². The molecule has 2 atom stereocenters. The number of halogens is 2. The smallest absolute Gasteiger partial charge is 0.124 e. The number of hydrogen-bond acceptors (Lipinski definition) is 3. The van der Waals surface area contributed by atoms with E-state index in [0.29, 0.717) is 11.1 Å². The molecule has 0 spiro atoms. The molecule has 1 aromatic rings. The summed E-state index contributed by atoms with van der Waals surface area (Å²) >= 11 is 6.12. The van der Waals surface area contributed by atoms with E-state index in [0.717, 1.165) is 38.3 Å². The zero-order valence-electron chi connectivity index (χ0n) is 13.1. The molecule has 1 aliphatic rings. The normalized spacial score (nSPS) is 20.4. The Kier molecular flexibility index (Phi) is 5.99. The van der Waals surface area contributed by atoms with Crippen molar-refractivity contribution < 1.29 is 4.39 Å². The molecule has 0 amide bonds. The molecule has 0 bridgehead atoms. The summed E-state index contributed by atoms with van der Waals surface area (Å²) < 4.78 is 13.1.